The van der Waals surface area contributed by atoms with Gasteiger partial charge in [0.05, 0.1) is 5.56 Å². The van der Waals surface area contributed by atoms with E-state index in [1.165, 1.54) is 12.1 Å². The zero-order valence-corrected chi connectivity index (χ0v) is 8.41. The molecular weight excluding hydrogens is 205 g/mol. The maximum Gasteiger partial charge on any atom is 0.249 e. The van der Waals surface area contributed by atoms with E-state index in [-0.39, 0.29) is 5.82 Å². The van der Waals surface area contributed by atoms with Gasteiger partial charge in [-0.1, -0.05) is 30.3 Å². The zero-order chi connectivity index (χ0) is 11.5. The van der Waals surface area contributed by atoms with Crippen molar-refractivity contribution in [1.82, 2.24) is 0 Å². The van der Waals surface area contributed by atoms with Crippen molar-refractivity contribution in [3.05, 3.63) is 59.9 Å². The van der Waals surface area contributed by atoms with E-state index >= 15 is 0 Å². The molecular formula is C13H9FNO. The number of primary amides is 1. The number of carbonyl (C=O) groups is 1. The molecule has 0 aliphatic rings. The van der Waals surface area contributed by atoms with Crippen molar-refractivity contribution < 1.29 is 9.18 Å². The van der Waals surface area contributed by atoms with E-state index in [1.807, 2.05) is 0 Å². The summed E-state index contributed by atoms with van der Waals surface area (Å²) in [5.74, 6) is -0.857. The molecule has 0 saturated carbocycles. The number of rotatable bonds is 2. The van der Waals surface area contributed by atoms with Crippen LogP contribution in [0.1, 0.15) is 10.4 Å². The Morgan fingerprint density at radius 1 is 1.19 bits per heavy atom. The number of amides is 1. The minimum absolute atomic E-state index is 0.314. The summed E-state index contributed by atoms with van der Waals surface area (Å²) in [4.78, 5) is 11.2. The Morgan fingerprint density at radius 2 is 1.88 bits per heavy atom. The van der Waals surface area contributed by atoms with Crippen LogP contribution >= 0.6 is 0 Å². The lowest BCUT2D eigenvalue weighted by molar-refractivity contribution is 0.100. The predicted octanol–water partition coefficient (Wildman–Crippen LogP) is 2.39. The van der Waals surface area contributed by atoms with Crippen LogP contribution in [-0.2, 0) is 0 Å². The van der Waals surface area contributed by atoms with E-state index in [1.54, 1.807) is 30.3 Å². The lowest BCUT2D eigenvalue weighted by Gasteiger charge is -2.05. The number of benzene rings is 2. The summed E-state index contributed by atoms with van der Waals surface area (Å²) in [5, 5.41) is 0. The highest BCUT2D eigenvalue weighted by Crippen LogP contribution is 2.23. The number of halogens is 1. The van der Waals surface area contributed by atoms with Crippen molar-refractivity contribution in [2.75, 3.05) is 0 Å². The Hall–Kier alpha value is -2.16. The minimum Gasteiger partial charge on any atom is -0.366 e. The van der Waals surface area contributed by atoms with E-state index in [0.29, 0.717) is 11.1 Å². The molecule has 0 aliphatic heterocycles. The highest BCUT2D eigenvalue weighted by molar-refractivity contribution is 5.99. The summed E-state index contributed by atoms with van der Waals surface area (Å²) in [5.41, 5.74) is 6.96. The molecule has 2 aromatic carbocycles. The molecule has 2 N–H and O–H groups in total. The highest BCUT2D eigenvalue weighted by Gasteiger charge is 2.08. The molecule has 3 heteroatoms. The Bertz CT molecular complexity index is 520. The first-order valence-corrected chi connectivity index (χ1v) is 4.75. The van der Waals surface area contributed by atoms with Gasteiger partial charge in [0.1, 0.15) is 5.82 Å². The molecule has 0 unspecified atom stereocenters. The van der Waals surface area contributed by atoms with Gasteiger partial charge in [-0.05, 0) is 29.3 Å². The average Bonchev–Trinajstić information content (AvgIpc) is 2.30. The molecule has 2 rings (SSSR count). The summed E-state index contributed by atoms with van der Waals surface area (Å²) < 4.78 is 12.8. The van der Waals surface area contributed by atoms with Gasteiger partial charge in [-0.15, -0.1) is 0 Å². The molecule has 79 valence electrons. The van der Waals surface area contributed by atoms with E-state index in [4.69, 9.17) is 5.73 Å². The third-order valence-electron chi connectivity index (χ3n) is 2.26. The van der Waals surface area contributed by atoms with Gasteiger partial charge < -0.3 is 5.73 Å². The van der Waals surface area contributed by atoms with Crippen LogP contribution < -0.4 is 5.73 Å². The van der Waals surface area contributed by atoms with Crippen molar-refractivity contribution in [2.24, 2.45) is 5.73 Å². The third kappa shape index (κ3) is 1.93. The summed E-state index contributed by atoms with van der Waals surface area (Å²) in [6, 6.07) is 13.8. The summed E-state index contributed by atoms with van der Waals surface area (Å²) in [6.07, 6.45) is 0. The zero-order valence-electron chi connectivity index (χ0n) is 8.41. The van der Waals surface area contributed by atoms with Crippen LogP contribution in [0.4, 0.5) is 4.39 Å². The fraction of sp³-hybridized carbons (Fsp3) is 0. The van der Waals surface area contributed by atoms with Crippen molar-refractivity contribution in [3.8, 4) is 11.1 Å². The molecule has 0 bridgehead atoms. The fourth-order valence-corrected chi connectivity index (χ4v) is 1.51. The van der Waals surface area contributed by atoms with Crippen molar-refractivity contribution >= 4 is 5.91 Å². The SMILES string of the molecule is NC(=O)c1[c]cccc1-c1ccc(F)cc1. The Morgan fingerprint density at radius 3 is 2.50 bits per heavy atom. The Balaban J connectivity index is 2.55. The standard InChI is InChI=1S/C13H9FNO/c14-10-7-5-9(6-8-10)11-3-1-2-4-12(11)13(15)16/h1-3,5-8H,(H2,15,16). The monoisotopic (exact) mass is 214 g/mol. The Labute approximate surface area is 92.5 Å². The molecule has 0 fully saturated rings. The largest absolute Gasteiger partial charge is 0.366 e. The van der Waals surface area contributed by atoms with Gasteiger partial charge in [0, 0.05) is 0 Å². The molecule has 0 spiro atoms. The number of hydrogen-bond donors (Lipinski definition) is 1. The number of nitrogens with two attached hydrogens (primary N) is 1. The van der Waals surface area contributed by atoms with Crippen molar-refractivity contribution in [1.29, 1.82) is 0 Å². The summed E-state index contributed by atoms with van der Waals surface area (Å²) in [6.45, 7) is 0. The van der Waals surface area contributed by atoms with Gasteiger partial charge in [0.25, 0.3) is 0 Å². The van der Waals surface area contributed by atoms with E-state index in [9.17, 15) is 9.18 Å². The van der Waals surface area contributed by atoms with E-state index < -0.39 is 5.91 Å². The highest BCUT2D eigenvalue weighted by atomic mass is 19.1. The molecule has 1 radical (unpaired) electrons. The quantitative estimate of drug-likeness (QED) is 0.819. The van der Waals surface area contributed by atoms with Gasteiger partial charge >= 0.3 is 0 Å². The maximum atomic E-state index is 12.8. The number of hydrogen-bond acceptors (Lipinski definition) is 1. The van der Waals surface area contributed by atoms with Crippen molar-refractivity contribution in [2.45, 2.75) is 0 Å². The summed E-state index contributed by atoms with van der Waals surface area (Å²) >= 11 is 0. The van der Waals surface area contributed by atoms with Crippen LogP contribution in [0.5, 0.6) is 0 Å². The lowest BCUT2D eigenvalue weighted by atomic mass is 9.99. The molecule has 16 heavy (non-hydrogen) atoms. The molecule has 0 atom stereocenters. The van der Waals surface area contributed by atoms with Gasteiger partial charge in [-0.25, -0.2) is 4.39 Å². The number of carbonyl (C=O) groups excluding carboxylic acids is 1. The molecule has 1 amide bonds. The molecule has 0 saturated heterocycles. The first-order valence-electron chi connectivity index (χ1n) is 4.75. The van der Waals surface area contributed by atoms with Gasteiger partial charge in [-0.2, -0.15) is 0 Å². The van der Waals surface area contributed by atoms with Gasteiger partial charge in [0.15, 0.2) is 0 Å². The van der Waals surface area contributed by atoms with E-state index in [0.717, 1.165) is 5.56 Å². The second-order valence-corrected chi connectivity index (χ2v) is 3.33. The second-order valence-electron chi connectivity index (χ2n) is 3.33. The smallest absolute Gasteiger partial charge is 0.249 e. The lowest BCUT2D eigenvalue weighted by Crippen LogP contribution is -2.12. The van der Waals surface area contributed by atoms with E-state index in [2.05, 4.69) is 6.07 Å². The second kappa shape index (κ2) is 4.14. The van der Waals surface area contributed by atoms with Crippen LogP contribution in [0.2, 0.25) is 0 Å². The molecule has 0 aliphatic carbocycles. The summed E-state index contributed by atoms with van der Waals surface area (Å²) in [7, 11) is 0. The maximum absolute atomic E-state index is 12.8. The minimum atomic E-state index is -0.542. The molecule has 2 aromatic rings. The normalized spacial score (nSPS) is 10.1. The molecule has 2 nitrogen and oxygen atoms in total. The topological polar surface area (TPSA) is 43.1 Å². The predicted molar refractivity (Wildman–Crippen MR) is 59.2 cm³/mol. The first kappa shape index (κ1) is 10.4. The van der Waals surface area contributed by atoms with Crippen LogP contribution in [0.15, 0.2) is 42.5 Å². The average molecular weight is 214 g/mol. The molecule has 0 aromatic heterocycles. The third-order valence-corrected chi connectivity index (χ3v) is 2.26. The van der Waals surface area contributed by atoms with Crippen LogP contribution in [0, 0.1) is 11.9 Å². The van der Waals surface area contributed by atoms with Gasteiger partial charge in [0.2, 0.25) is 5.91 Å². The van der Waals surface area contributed by atoms with Crippen LogP contribution in [0.3, 0.4) is 0 Å². The first-order chi connectivity index (χ1) is 7.68. The molecule has 0 heterocycles. The van der Waals surface area contributed by atoms with Gasteiger partial charge in [-0.3, -0.25) is 4.79 Å². The Kier molecular flexibility index (Phi) is 2.68. The van der Waals surface area contributed by atoms with Crippen LogP contribution in [0.25, 0.3) is 11.1 Å². The van der Waals surface area contributed by atoms with Crippen molar-refractivity contribution in [3.63, 3.8) is 0 Å². The fourth-order valence-electron chi connectivity index (χ4n) is 1.51. The van der Waals surface area contributed by atoms with Crippen LogP contribution in [-0.4, -0.2) is 5.91 Å².